The number of nitrogens with one attached hydrogen (secondary N) is 2. The first-order valence-corrected chi connectivity index (χ1v) is 11.6. The first-order chi connectivity index (χ1) is 13.7. The van der Waals surface area contributed by atoms with E-state index in [-0.39, 0.29) is 17.3 Å². The number of carbonyl (C=O) groups excluding carboxylic acids is 1. The van der Waals surface area contributed by atoms with Crippen LogP contribution in [0.4, 0.5) is 0 Å². The van der Waals surface area contributed by atoms with Crippen molar-refractivity contribution in [3.63, 3.8) is 0 Å². The number of nitrogens with zero attached hydrogens (tertiary/aromatic N) is 3. The molecule has 29 heavy (non-hydrogen) atoms. The van der Waals surface area contributed by atoms with E-state index in [9.17, 15) is 13.2 Å². The molecule has 0 aliphatic carbocycles. The summed E-state index contributed by atoms with van der Waals surface area (Å²) in [7, 11) is -3.64. The van der Waals surface area contributed by atoms with Gasteiger partial charge in [0.05, 0.1) is 11.4 Å². The lowest BCUT2D eigenvalue weighted by Gasteiger charge is -2.34. The average Bonchev–Trinajstić information content (AvgIpc) is 3.05. The SMILES string of the molecule is CCn1c(CNC(=O)c2cccc(S(=O)(=O)N3CC(C)CC(C)C3)c2)n[nH]c1=S. The summed E-state index contributed by atoms with van der Waals surface area (Å²) in [6.07, 6.45) is 1.02. The van der Waals surface area contributed by atoms with Crippen molar-refractivity contribution in [1.82, 2.24) is 24.4 Å². The largest absolute Gasteiger partial charge is 0.345 e. The summed E-state index contributed by atoms with van der Waals surface area (Å²) in [6.45, 7) is 7.90. The van der Waals surface area contributed by atoms with Gasteiger partial charge in [0, 0.05) is 25.2 Å². The number of carbonyl (C=O) groups is 1. The van der Waals surface area contributed by atoms with Crippen LogP contribution in [0.15, 0.2) is 29.2 Å². The number of H-pyrrole nitrogens is 1. The van der Waals surface area contributed by atoms with Gasteiger partial charge in [0.15, 0.2) is 10.6 Å². The number of sulfonamides is 1. The minimum absolute atomic E-state index is 0.141. The zero-order chi connectivity index (χ0) is 21.2. The van der Waals surface area contributed by atoms with Crippen molar-refractivity contribution in [2.24, 2.45) is 11.8 Å². The second kappa shape index (κ2) is 8.76. The molecule has 0 radical (unpaired) electrons. The monoisotopic (exact) mass is 437 g/mol. The lowest BCUT2D eigenvalue weighted by Crippen LogP contribution is -2.42. The van der Waals surface area contributed by atoms with E-state index < -0.39 is 10.0 Å². The number of hydrogen-bond donors (Lipinski definition) is 2. The second-order valence-electron chi connectivity index (χ2n) is 7.67. The number of hydrogen-bond acceptors (Lipinski definition) is 5. The van der Waals surface area contributed by atoms with Crippen molar-refractivity contribution in [3.8, 4) is 0 Å². The molecule has 2 atom stereocenters. The van der Waals surface area contributed by atoms with Gasteiger partial charge in [-0.1, -0.05) is 19.9 Å². The van der Waals surface area contributed by atoms with Crippen LogP contribution in [0.3, 0.4) is 0 Å². The maximum atomic E-state index is 13.1. The highest BCUT2D eigenvalue weighted by molar-refractivity contribution is 7.89. The second-order valence-corrected chi connectivity index (χ2v) is 9.99. The van der Waals surface area contributed by atoms with E-state index in [0.29, 0.717) is 47.6 Å². The van der Waals surface area contributed by atoms with E-state index in [1.165, 1.54) is 16.4 Å². The van der Waals surface area contributed by atoms with Gasteiger partial charge in [-0.2, -0.15) is 9.40 Å². The average molecular weight is 438 g/mol. The van der Waals surface area contributed by atoms with Crippen LogP contribution in [0.1, 0.15) is 43.4 Å². The first kappa shape index (κ1) is 21.7. The van der Waals surface area contributed by atoms with Crippen molar-refractivity contribution in [1.29, 1.82) is 0 Å². The van der Waals surface area contributed by atoms with Crippen LogP contribution in [0, 0.1) is 16.6 Å². The molecular formula is C19H27N5O3S2. The summed E-state index contributed by atoms with van der Waals surface area (Å²) >= 11 is 5.14. The molecule has 158 valence electrons. The Hall–Kier alpha value is -2.04. The summed E-state index contributed by atoms with van der Waals surface area (Å²) in [6, 6.07) is 6.18. The van der Waals surface area contributed by atoms with Crippen LogP contribution in [-0.4, -0.2) is 46.5 Å². The molecule has 1 saturated heterocycles. The van der Waals surface area contributed by atoms with Gasteiger partial charge in [0.25, 0.3) is 5.91 Å². The Balaban J connectivity index is 1.76. The zero-order valence-corrected chi connectivity index (χ0v) is 18.5. The Labute approximate surface area is 176 Å². The predicted molar refractivity (Wildman–Crippen MR) is 112 cm³/mol. The Kier molecular flexibility index (Phi) is 6.55. The van der Waals surface area contributed by atoms with Crippen molar-refractivity contribution in [2.75, 3.05) is 13.1 Å². The highest BCUT2D eigenvalue weighted by atomic mass is 32.2. The molecule has 1 fully saturated rings. The fourth-order valence-electron chi connectivity index (χ4n) is 3.82. The van der Waals surface area contributed by atoms with Gasteiger partial charge >= 0.3 is 0 Å². The molecule has 0 bridgehead atoms. The lowest BCUT2D eigenvalue weighted by atomic mass is 9.94. The van der Waals surface area contributed by atoms with Crippen LogP contribution < -0.4 is 5.32 Å². The molecule has 1 aromatic carbocycles. The Morgan fingerprint density at radius 3 is 2.66 bits per heavy atom. The Morgan fingerprint density at radius 2 is 2.00 bits per heavy atom. The summed E-state index contributed by atoms with van der Waals surface area (Å²) in [4.78, 5) is 12.7. The smallest absolute Gasteiger partial charge is 0.251 e. The quantitative estimate of drug-likeness (QED) is 0.677. The highest BCUT2D eigenvalue weighted by Gasteiger charge is 2.31. The fraction of sp³-hybridized carbons (Fsp3) is 0.526. The summed E-state index contributed by atoms with van der Waals surface area (Å²) in [5.74, 6) is 0.881. The standard InChI is InChI=1S/C19H27N5O3S2/c1-4-24-17(21-22-19(24)28)10-20-18(25)15-6-5-7-16(9-15)29(26,27)23-11-13(2)8-14(3)12-23/h5-7,9,13-14H,4,8,10-12H2,1-3H3,(H,20,25)(H,22,28). The van der Waals surface area contributed by atoms with Gasteiger partial charge in [0.2, 0.25) is 10.0 Å². The maximum absolute atomic E-state index is 13.1. The molecule has 0 spiro atoms. The maximum Gasteiger partial charge on any atom is 0.251 e. The van der Waals surface area contributed by atoms with E-state index in [2.05, 4.69) is 29.4 Å². The number of piperidine rings is 1. The van der Waals surface area contributed by atoms with Gasteiger partial charge in [-0.05, 0) is 55.6 Å². The minimum atomic E-state index is -3.64. The number of rotatable bonds is 6. The van der Waals surface area contributed by atoms with Crippen LogP contribution >= 0.6 is 12.2 Å². The predicted octanol–water partition coefficient (Wildman–Crippen LogP) is 2.56. The van der Waals surface area contributed by atoms with E-state index in [1.807, 2.05) is 6.92 Å². The molecule has 1 aromatic heterocycles. The molecule has 8 nitrogen and oxygen atoms in total. The van der Waals surface area contributed by atoms with Gasteiger partial charge < -0.3 is 9.88 Å². The summed E-state index contributed by atoms with van der Waals surface area (Å²) < 4.78 is 30.0. The molecule has 2 heterocycles. The first-order valence-electron chi connectivity index (χ1n) is 9.74. The molecule has 3 rings (SSSR count). The third kappa shape index (κ3) is 4.76. The van der Waals surface area contributed by atoms with E-state index in [0.717, 1.165) is 6.42 Å². The van der Waals surface area contributed by atoms with Gasteiger partial charge in [-0.3, -0.25) is 9.89 Å². The van der Waals surface area contributed by atoms with Crippen molar-refractivity contribution in [2.45, 2.75) is 45.2 Å². The van der Waals surface area contributed by atoms with Crippen LogP contribution in [0.25, 0.3) is 0 Å². The number of benzene rings is 1. The van der Waals surface area contributed by atoms with Gasteiger partial charge in [0.1, 0.15) is 0 Å². The normalized spacial score (nSPS) is 20.5. The van der Waals surface area contributed by atoms with Crippen molar-refractivity contribution in [3.05, 3.63) is 40.4 Å². The Bertz CT molecular complexity index is 1030. The molecule has 0 saturated carbocycles. The molecule has 1 aliphatic rings. The highest BCUT2D eigenvalue weighted by Crippen LogP contribution is 2.27. The van der Waals surface area contributed by atoms with Crippen LogP contribution in [0.2, 0.25) is 0 Å². The minimum Gasteiger partial charge on any atom is -0.345 e. The molecule has 2 N–H and O–H groups in total. The topological polar surface area (TPSA) is 100 Å². The molecular weight excluding hydrogens is 410 g/mol. The molecule has 2 unspecified atom stereocenters. The van der Waals surface area contributed by atoms with Crippen molar-refractivity contribution < 1.29 is 13.2 Å². The summed E-state index contributed by atoms with van der Waals surface area (Å²) in [5.41, 5.74) is 0.293. The Morgan fingerprint density at radius 1 is 1.31 bits per heavy atom. The van der Waals surface area contributed by atoms with E-state index in [1.54, 1.807) is 16.7 Å². The molecule has 10 heteroatoms. The van der Waals surface area contributed by atoms with E-state index in [4.69, 9.17) is 12.2 Å². The van der Waals surface area contributed by atoms with E-state index >= 15 is 0 Å². The number of aromatic amines is 1. The number of amides is 1. The third-order valence-corrected chi connectivity index (χ3v) is 7.27. The molecule has 1 amide bonds. The third-order valence-electron chi connectivity index (χ3n) is 5.13. The molecule has 2 aromatic rings. The van der Waals surface area contributed by atoms with Gasteiger partial charge in [-0.15, -0.1) is 0 Å². The van der Waals surface area contributed by atoms with Crippen LogP contribution in [-0.2, 0) is 23.1 Å². The van der Waals surface area contributed by atoms with Crippen molar-refractivity contribution >= 4 is 28.1 Å². The molecule has 1 aliphatic heterocycles. The van der Waals surface area contributed by atoms with Gasteiger partial charge in [-0.25, -0.2) is 8.42 Å². The van der Waals surface area contributed by atoms with Crippen LogP contribution in [0.5, 0.6) is 0 Å². The number of aromatic nitrogens is 3. The fourth-order valence-corrected chi connectivity index (χ4v) is 5.83. The summed E-state index contributed by atoms with van der Waals surface area (Å²) in [5, 5.41) is 9.60. The lowest BCUT2D eigenvalue weighted by molar-refractivity contribution is 0.0949. The zero-order valence-electron chi connectivity index (χ0n) is 16.9.